The molecule has 0 amide bonds. The first kappa shape index (κ1) is 16.0. The number of aryl methyl sites for hydroxylation is 1. The average Bonchev–Trinajstić information content (AvgIpc) is 3.00. The Labute approximate surface area is 127 Å². The van der Waals surface area contributed by atoms with Gasteiger partial charge < -0.3 is 9.31 Å². The van der Waals surface area contributed by atoms with Crippen LogP contribution in [0.4, 0.5) is 0 Å². The lowest BCUT2D eigenvalue weighted by Gasteiger charge is -2.32. The van der Waals surface area contributed by atoms with Gasteiger partial charge in [0.05, 0.1) is 16.2 Å². The van der Waals surface area contributed by atoms with E-state index in [0.29, 0.717) is 11.7 Å². The number of hydrogen-bond acceptors (Lipinski definition) is 4. The van der Waals surface area contributed by atoms with Crippen LogP contribution in [0.3, 0.4) is 0 Å². The van der Waals surface area contributed by atoms with Crippen LogP contribution >= 0.6 is 11.3 Å². The molecule has 112 valence electrons. The van der Waals surface area contributed by atoms with Crippen molar-refractivity contribution < 1.29 is 9.31 Å². The van der Waals surface area contributed by atoms with Gasteiger partial charge in [0.15, 0.2) is 0 Å². The van der Waals surface area contributed by atoms with Gasteiger partial charge in [-0.05, 0) is 47.0 Å². The van der Waals surface area contributed by atoms with Crippen molar-refractivity contribution >= 4 is 18.5 Å². The van der Waals surface area contributed by atoms with E-state index in [1.165, 1.54) is 11.3 Å². The Kier molecular flexibility index (Phi) is 4.34. The number of thiazole rings is 1. The van der Waals surface area contributed by atoms with E-state index < -0.39 is 0 Å². The number of rotatable bonds is 2. The molecule has 2 aliphatic rings. The molecule has 0 radical (unpaired) electrons. The minimum Gasteiger partial charge on any atom is -0.403 e. The fourth-order valence-corrected chi connectivity index (χ4v) is 3.43. The fourth-order valence-electron chi connectivity index (χ4n) is 2.46. The first-order valence-corrected chi connectivity index (χ1v) is 8.40. The van der Waals surface area contributed by atoms with Crippen molar-refractivity contribution in [3.63, 3.8) is 0 Å². The lowest BCUT2D eigenvalue weighted by atomic mass is 9.80. The van der Waals surface area contributed by atoms with Gasteiger partial charge in [0.1, 0.15) is 0 Å². The topological polar surface area (TPSA) is 31.4 Å². The van der Waals surface area contributed by atoms with Crippen molar-refractivity contribution in [1.82, 2.24) is 4.98 Å². The summed E-state index contributed by atoms with van der Waals surface area (Å²) in [5.41, 5.74) is -0.428. The van der Waals surface area contributed by atoms with Crippen LogP contribution in [0, 0.1) is 6.92 Å². The molecule has 5 heteroatoms. The van der Waals surface area contributed by atoms with Crippen molar-refractivity contribution in [3.05, 3.63) is 16.1 Å². The molecule has 1 aromatic rings. The molecule has 1 aliphatic heterocycles. The molecule has 20 heavy (non-hydrogen) atoms. The molecule has 2 atom stereocenters. The van der Waals surface area contributed by atoms with Gasteiger partial charge in [-0.3, -0.25) is 0 Å². The van der Waals surface area contributed by atoms with Crippen LogP contribution in [0.1, 0.15) is 63.8 Å². The third kappa shape index (κ3) is 2.81. The molecular weight excluding hydrogens is 269 g/mol. The highest BCUT2D eigenvalue weighted by molar-refractivity contribution is 7.11. The van der Waals surface area contributed by atoms with Crippen LogP contribution in [0.2, 0.25) is 5.82 Å². The third-order valence-electron chi connectivity index (χ3n) is 4.47. The van der Waals surface area contributed by atoms with E-state index in [2.05, 4.69) is 39.6 Å². The lowest BCUT2D eigenvalue weighted by Crippen LogP contribution is -2.41. The molecule has 0 N–H and O–H groups in total. The van der Waals surface area contributed by atoms with Crippen molar-refractivity contribution in [3.8, 4) is 0 Å². The Morgan fingerprint density at radius 1 is 1.20 bits per heavy atom. The monoisotopic (exact) mass is 295 g/mol. The predicted octanol–water partition coefficient (Wildman–Crippen LogP) is 4.43. The molecule has 0 spiro atoms. The molecule has 1 saturated heterocycles. The van der Waals surface area contributed by atoms with Crippen LogP contribution in [0.15, 0.2) is 6.20 Å². The Morgan fingerprint density at radius 2 is 1.75 bits per heavy atom. The first-order valence-electron chi connectivity index (χ1n) is 7.58. The van der Waals surface area contributed by atoms with E-state index in [1.54, 1.807) is 11.3 Å². The molecule has 1 aliphatic carbocycles. The zero-order chi connectivity index (χ0) is 15.1. The van der Waals surface area contributed by atoms with E-state index >= 15 is 0 Å². The van der Waals surface area contributed by atoms with Gasteiger partial charge in [-0.15, -0.1) is 11.3 Å². The quantitative estimate of drug-likeness (QED) is 0.756. The molecule has 2 heterocycles. The van der Waals surface area contributed by atoms with Crippen LogP contribution in [-0.4, -0.2) is 23.3 Å². The zero-order valence-corrected chi connectivity index (χ0v) is 14.5. The number of aromatic nitrogens is 1. The molecule has 0 aromatic carbocycles. The fraction of sp³-hybridized carbons (Fsp3) is 0.800. The normalized spacial score (nSPS) is 29.9. The number of nitrogens with zero attached hydrogens (tertiary/aromatic N) is 1. The zero-order valence-electron chi connectivity index (χ0n) is 13.7. The van der Waals surface area contributed by atoms with Crippen LogP contribution in [0.25, 0.3) is 0 Å². The molecule has 3 rings (SSSR count). The van der Waals surface area contributed by atoms with Crippen LogP contribution < -0.4 is 0 Å². The van der Waals surface area contributed by atoms with E-state index in [9.17, 15) is 0 Å². The maximum absolute atomic E-state index is 6.11. The Balaban J connectivity index is 0.000000704. The summed E-state index contributed by atoms with van der Waals surface area (Å²) in [5, 5.41) is 1.14. The minimum absolute atomic E-state index is 0.0533. The van der Waals surface area contributed by atoms with Gasteiger partial charge in [-0.25, -0.2) is 4.98 Å². The SMILES string of the molecule is CC.Cc1ncc(C2CC2B2OC(C)(C)C(C)(C)O2)s1. The lowest BCUT2D eigenvalue weighted by molar-refractivity contribution is 0.00578. The van der Waals surface area contributed by atoms with Crippen LogP contribution in [-0.2, 0) is 9.31 Å². The average molecular weight is 295 g/mol. The summed E-state index contributed by atoms with van der Waals surface area (Å²) in [5.74, 6) is 1.09. The van der Waals surface area contributed by atoms with Gasteiger partial charge in [-0.1, -0.05) is 13.8 Å². The molecule has 1 aromatic heterocycles. The number of hydrogen-bond donors (Lipinski definition) is 0. The molecule has 1 saturated carbocycles. The van der Waals surface area contributed by atoms with Gasteiger partial charge in [0.2, 0.25) is 0 Å². The van der Waals surface area contributed by atoms with Crippen molar-refractivity contribution in [2.24, 2.45) is 0 Å². The summed E-state index contributed by atoms with van der Waals surface area (Å²) >= 11 is 1.80. The second kappa shape index (κ2) is 5.43. The van der Waals surface area contributed by atoms with Gasteiger partial charge in [-0.2, -0.15) is 0 Å². The molecule has 2 unspecified atom stereocenters. The molecular formula is C15H26BNO2S. The van der Waals surface area contributed by atoms with Gasteiger partial charge in [0, 0.05) is 16.9 Å². The highest BCUT2D eigenvalue weighted by Gasteiger charge is 2.60. The molecule has 2 fully saturated rings. The second-order valence-electron chi connectivity index (χ2n) is 6.41. The summed E-state index contributed by atoms with van der Waals surface area (Å²) in [6, 6.07) is 0. The van der Waals surface area contributed by atoms with Crippen molar-refractivity contribution in [2.45, 2.75) is 77.8 Å². The summed E-state index contributed by atoms with van der Waals surface area (Å²) < 4.78 is 12.2. The maximum atomic E-state index is 6.11. The van der Waals surface area contributed by atoms with Crippen molar-refractivity contribution in [1.29, 1.82) is 0 Å². The summed E-state index contributed by atoms with van der Waals surface area (Å²) in [4.78, 5) is 5.71. The minimum atomic E-state index is -0.214. The standard InChI is InChI=1S/C13H20BNO2S.C2H6/c1-8-15-7-11(18-8)9-6-10(9)14-16-12(2,3)13(4,5)17-14;1-2/h7,9-10H,6H2,1-5H3;1-2H3. The first-order chi connectivity index (χ1) is 9.30. The van der Waals surface area contributed by atoms with Crippen LogP contribution in [0.5, 0.6) is 0 Å². The Morgan fingerprint density at radius 3 is 2.20 bits per heavy atom. The molecule has 3 nitrogen and oxygen atoms in total. The highest BCUT2D eigenvalue weighted by atomic mass is 32.1. The molecule has 0 bridgehead atoms. The van der Waals surface area contributed by atoms with E-state index in [4.69, 9.17) is 9.31 Å². The van der Waals surface area contributed by atoms with E-state index in [-0.39, 0.29) is 18.3 Å². The van der Waals surface area contributed by atoms with E-state index in [0.717, 1.165) is 5.01 Å². The second-order valence-corrected chi connectivity index (χ2v) is 7.68. The van der Waals surface area contributed by atoms with Gasteiger partial charge in [0.25, 0.3) is 0 Å². The predicted molar refractivity (Wildman–Crippen MR) is 85.4 cm³/mol. The van der Waals surface area contributed by atoms with Gasteiger partial charge >= 0.3 is 7.12 Å². The smallest absolute Gasteiger partial charge is 0.403 e. The summed E-state index contributed by atoms with van der Waals surface area (Å²) in [6.07, 6.45) is 3.17. The highest BCUT2D eigenvalue weighted by Crippen LogP contribution is 2.59. The third-order valence-corrected chi connectivity index (χ3v) is 5.51. The summed E-state index contributed by atoms with van der Waals surface area (Å²) in [6.45, 7) is 14.5. The summed E-state index contributed by atoms with van der Waals surface area (Å²) in [7, 11) is -0.0533. The Bertz CT molecular complexity index is 456. The van der Waals surface area contributed by atoms with Crippen molar-refractivity contribution in [2.75, 3.05) is 0 Å². The van der Waals surface area contributed by atoms with E-state index in [1.807, 2.05) is 20.0 Å². The largest absolute Gasteiger partial charge is 0.461 e. The maximum Gasteiger partial charge on any atom is 0.461 e. The Hall–Kier alpha value is -0.385.